The van der Waals surface area contributed by atoms with Crippen LogP contribution in [0.5, 0.6) is 0 Å². The quantitative estimate of drug-likeness (QED) is 0.452. The van der Waals surface area contributed by atoms with Crippen molar-refractivity contribution in [3.8, 4) is 0 Å². The van der Waals surface area contributed by atoms with Gasteiger partial charge in [-0.1, -0.05) is 41.9 Å². The number of aliphatic imine (C=N–C) groups is 2. The van der Waals surface area contributed by atoms with Crippen molar-refractivity contribution in [3.63, 3.8) is 0 Å². The lowest BCUT2D eigenvalue weighted by Gasteiger charge is -2.00. The molecule has 0 spiro atoms. The van der Waals surface area contributed by atoms with E-state index in [-0.39, 0.29) is 12.3 Å². The summed E-state index contributed by atoms with van der Waals surface area (Å²) in [5.41, 5.74) is 1.62. The maximum absolute atomic E-state index is 12.0. The molecule has 0 amide bonds. The van der Waals surface area contributed by atoms with Gasteiger partial charge in [-0.15, -0.1) is 0 Å². The Bertz CT molecular complexity index is 746. The molecule has 0 fully saturated rings. The lowest BCUT2D eigenvalue weighted by molar-refractivity contribution is -0.138. The average Bonchev–Trinajstić information content (AvgIpc) is 2.57. The zero-order valence-electron chi connectivity index (χ0n) is 12.6. The zero-order valence-corrected chi connectivity index (χ0v) is 13.3. The number of nitrogens with zero attached hydrogens (tertiary/aromatic N) is 2. The van der Waals surface area contributed by atoms with Crippen LogP contribution in [0, 0.1) is 0 Å². The van der Waals surface area contributed by atoms with E-state index in [1.54, 1.807) is 37.3 Å². The monoisotopic (exact) mass is 326 g/mol. The molecule has 0 heterocycles. The van der Waals surface area contributed by atoms with Crippen molar-refractivity contribution < 1.29 is 9.53 Å². The fourth-order valence-electron chi connectivity index (χ4n) is 1.70. The standard InChI is InChI=1S/C18H15ClN2O2/c1-2-23-18(22)17(12-14-6-4-3-5-7-14)21-13-20-16-10-8-15(19)9-11-16/h3-12H,2H2,1H3/b17-12-. The van der Waals surface area contributed by atoms with Gasteiger partial charge in [-0.3, -0.25) is 0 Å². The molecule has 116 valence electrons. The van der Waals surface area contributed by atoms with Gasteiger partial charge in [0.25, 0.3) is 0 Å². The highest BCUT2D eigenvalue weighted by molar-refractivity contribution is 6.30. The van der Waals surface area contributed by atoms with Gasteiger partial charge in [0.05, 0.1) is 12.3 Å². The van der Waals surface area contributed by atoms with E-state index in [2.05, 4.69) is 16.0 Å². The highest BCUT2D eigenvalue weighted by Gasteiger charge is 2.09. The molecule has 0 N–H and O–H groups in total. The molecule has 0 atom stereocenters. The van der Waals surface area contributed by atoms with Crippen LogP contribution < -0.4 is 0 Å². The maximum Gasteiger partial charge on any atom is 0.357 e. The van der Waals surface area contributed by atoms with Gasteiger partial charge >= 0.3 is 5.97 Å². The summed E-state index contributed by atoms with van der Waals surface area (Å²) in [7, 11) is 0. The molecule has 2 aromatic carbocycles. The first-order valence-corrected chi connectivity index (χ1v) is 7.42. The first kappa shape index (κ1) is 16.7. The van der Waals surface area contributed by atoms with Gasteiger partial charge in [0.15, 0.2) is 5.70 Å². The molecule has 0 radical (unpaired) electrons. The summed E-state index contributed by atoms with van der Waals surface area (Å²) in [4.78, 5) is 20.0. The molecule has 4 nitrogen and oxygen atoms in total. The van der Waals surface area contributed by atoms with Crippen LogP contribution in [-0.4, -0.2) is 18.6 Å². The Hall–Kier alpha value is -2.68. The Kier molecular flexibility index (Phi) is 6.30. The predicted octanol–water partition coefficient (Wildman–Crippen LogP) is 4.75. The normalized spacial score (nSPS) is 10.6. The molecule has 0 saturated carbocycles. The second kappa shape index (κ2) is 8.69. The van der Waals surface area contributed by atoms with Gasteiger partial charge in [-0.05, 0) is 42.8 Å². The number of rotatable bonds is 5. The topological polar surface area (TPSA) is 51.0 Å². The van der Waals surface area contributed by atoms with E-state index < -0.39 is 5.97 Å². The Morgan fingerprint density at radius 2 is 1.87 bits per heavy atom. The van der Waals surface area contributed by atoms with E-state index >= 15 is 0 Å². The van der Waals surface area contributed by atoms with Crippen molar-refractivity contribution in [2.24, 2.45) is 9.98 Å². The number of esters is 1. The summed E-state index contributed by atoms with van der Waals surface area (Å²) in [6.45, 7) is 2.01. The van der Waals surface area contributed by atoms with Gasteiger partial charge in [0.1, 0.15) is 6.01 Å². The molecule has 0 bridgehead atoms. The van der Waals surface area contributed by atoms with Crippen molar-refractivity contribution in [1.29, 1.82) is 0 Å². The lowest BCUT2D eigenvalue weighted by atomic mass is 10.2. The number of halogens is 1. The summed E-state index contributed by atoms with van der Waals surface area (Å²) in [6.07, 6.45) is 1.63. The summed E-state index contributed by atoms with van der Waals surface area (Å²) in [5.74, 6) is -0.518. The summed E-state index contributed by atoms with van der Waals surface area (Å²) >= 11 is 5.81. The van der Waals surface area contributed by atoms with Crippen LogP contribution >= 0.6 is 11.6 Å². The molecule has 0 aliphatic rings. The van der Waals surface area contributed by atoms with Gasteiger partial charge in [-0.2, -0.15) is 9.98 Å². The van der Waals surface area contributed by atoms with E-state index in [0.717, 1.165) is 5.56 Å². The van der Waals surface area contributed by atoms with E-state index in [4.69, 9.17) is 16.3 Å². The van der Waals surface area contributed by atoms with Crippen LogP contribution in [0.2, 0.25) is 5.02 Å². The van der Waals surface area contributed by atoms with Gasteiger partial charge < -0.3 is 4.74 Å². The Morgan fingerprint density at radius 1 is 1.17 bits per heavy atom. The molecule has 0 aromatic heterocycles. The fraction of sp³-hybridized carbons (Fsp3) is 0.111. The molecule has 2 aromatic rings. The summed E-state index contributed by atoms with van der Waals surface area (Å²) in [5, 5.41) is 0.622. The number of ether oxygens (including phenoxy) is 1. The largest absolute Gasteiger partial charge is 0.461 e. The van der Waals surface area contributed by atoms with Crippen molar-refractivity contribution >= 4 is 35.3 Å². The Labute approximate surface area is 139 Å². The van der Waals surface area contributed by atoms with Crippen LogP contribution in [0.25, 0.3) is 6.08 Å². The highest BCUT2D eigenvalue weighted by Crippen LogP contribution is 2.15. The fourth-order valence-corrected chi connectivity index (χ4v) is 1.83. The molecule has 0 saturated heterocycles. The van der Waals surface area contributed by atoms with E-state index in [1.165, 1.54) is 0 Å². The van der Waals surface area contributed by atoms with Gasteiger partial charge in [0.2, 0.25) is 0 Å². The average molecular weight is 327 g/mol. The van der Waals surface area contributed by atoms with Gasteiger partial charge in [0, 0.05) is 5.02 Å². The number of carbonyl (C=O) groups excluding carboxylic acids is 1. The molecular weight excluding hydrogens is 312 g/mol. The summed E-state index contributed by atoms with van der Waals surface area (Å²) < 4.78 is 4.99. The Balaban J connectivity index is 2.27. The number of benzene rings is 2. The highest BCUT2D eigenvalue weighted by atomic mass is 35.5. The number of hydrogen-bond donors (Lipinski definition) is 0. The van der Waals surface area contributed by atoms with Crippen molar-refractivity contribution in [2.75, 3.05) is 6.61 Å². The second-order valence-corrected chi connectivity index (χ2v) is 4.90. The van der Waals surface area contributed by atoms with Crippen molar-refractivity contribution in [2.45, 2.75) is 6.92 Å². The lowest BCUT2D eigenvalue weighted by Crippen LogP contribution is -2.05. The minimum Gasteiger partial charge on any atom is -0.461 e. The molecule has 0 aliphatic heterocycles. The van der Waals surface area contributed by atoms with Crippen LogP contribution in [-0.2, 0) is 9.53 Å². The maximum atomic E-state index is 12.0. The van der Waals surface area contributed by atoms with Crippen LogP contribution in [0.15, 0.2) is 70.3 Å². The smallest absolute Gasteiger partial charge is 0.357 e. The van der Waals surface area contributed by atoms with E-state index in [9.17, 15) is 4.79 Å². The minimum atomic E-state index is -0.518. The van der Waals surface area contributed by atoms with Crippen LogP contribution in [0.4, 0.5) is 5.69 Å². The summed E-state index contributed by atoms with van der Waals surface area (Å²) in [6, 6.07) is 18.8. The SMILES string of the molecule is CCOC(=O)/C(=C/c1ccccc1)N=C=Nc1ccc(Cl)cc1. The Morgan fingerprint density at radius 3 is 2.52 bits per heavy atom. The molecule has 5 heteroatoms. The van der Waals surface area contributed by atoms with E-state index in [1.807, 2.05) is 30.3 Å². The van der Waals surface area contributed by atoms with E-state index in [0.29, 0.717) is 10.7 Å². The third kappa shape index (κ3) is 5.55. The first-order valence-electron chi connectivity index (χ1n) is 7.05. The zero-order chi connectivity index (χ0) is 16.5. The molecule has 0 unspecified atom stereocenters. The molecule has 23 heavy (non-hydrogen) atoms. The molecule has 0 aliphatic carbocycles. The first-order chi connectivity index (χ1) is 11.2. The van der Waals surface area contributed by atoms with Crippen molar-refractivity contribution in [3.05, 3.63) is 70.9 Å². The minimum absolute atomic E-state index is 0.135. The second-order valence-electron chi connectivity index (χ2n) is 4.46. The molecule has 2 rings (SSSR count). The van der Waals surface area contributed by atoms with Crippen molar-refractivity contribution in [1.82, 2.24) is 0 Å². The molecular formula is C18H15ClN2O2. The van der Waals surface area contributed by atoms with Crippen LogP contribution in [0.3, 0.4) is 0 Å². The predicted molar refractivity (Wildman–Crippen MR) is 92.0 cm³/mol. The third-order valence-corrected chi connectivity index (χ3v) is 3.02. The van der Waals surface area contributed by atoms with Gasteiger partial charge in [-0.25, -0.2) is 4.79 Å². The third-order valence-electron chi connectivity index (χ3n) is 2.76. The number of carbonyl (C=O) groups is 1. The van der Waals surface area contributed by atoms with Crippen LogP contribution in [0.1, 0.15) is 12.5 Å². The number of hydrogen-bond acceptors (Lipinski definition) is 4.